The van der Waals surface area contributed by atoms with Gasteiger partial charge in [0.15, 0.2) is 0 Å². The highest BCUT2D eigenvalue weighted by molar-refractivity contribution is 7.82. The maximum absolute atomic E-state index is 9.52. The van der Waals surface area contributed by atoms with Crippen molar-refractivity contribution in [1.82, 2.24) is 14.8 Å². The SMILES string of the molecule is C=CC(C)(S)C=NC1=C(C)CC2C/C(=C(/C#N)n3cncn3)CC12. The van der Waals surface area contributed by atoms with Crippen molar-refractivity contribution in [1.29, 1.82) is 5.26 Å². The molecule has 3 atom stereocenters. The molecular weight excluding hydrogens is 318 g/mol. The van der Waals surface area contributed by atoms with Crippen molar-refractivity contribution < 1.29 is 0 Å². The summed E-state index contributed by atoms with van der Waals surface area (Å²) in [6.45, 7) is 7.91. The molecule has 0 amide bonds. The second-order valence-electron chi connectivity index (χ2n) is 6.74. The van der Waals surface area contributed by atoms with Crippen molar-refractivity contribution in [3.63, 3.8) is 0 Å². The van der Waals surface area contributed by atoms with Gasteiger partial charge in [-0.3, -0.25) is 4.99 Å². The number of rotatable bonds is 4. The van der Waals surface area contributed by atoms with Gasteiger partial charge in [0.25, 0.3) is 0 Å². The first kappa shape index (κ1) is 16.7. The zero-order valence-corrected chi connectivity index (χ0v) is 14.9. The summed E-state index contributed by atoms with van der Waals surface area (Å²) < 4.78 is 1.15. The highest BCUT2D eigenvalue weighted by Gasteiger charge is 2.40. The molecule has 6 heteroatoms. The molecule has 3 rings (SSSR count). The summed E-state index contributed by atoms with van der Waals surface area (Å²) in [5.74, 6) is 0.894. The lowest BCUT2D eigenvalue weighted by atomic mass is 9.98. The van der Waals surface area contributed by atoms with E-state index in [0.717, 1.165) is 30.5 Å². The van der Waals surface area contributed by atoms with E-state index in [2.05, 4.69) is 42.3 Å². The van der Waals surface area contributed by atoms with E-state index in [9.17, 15) is 5.26 Å². The summed E-state index contributed by atoms with van der Waals surface area (Å²) in [5.41, 5.74) is 4.24. The van der Waals surface area contributed by atoms with Crippen molar-refractivity contribution in [2.75, 3.05) is 0 Å². The van der Waals surface area contributed by atoms with Gasteiger partial charge in [-0.15, -0.1) is 6.58 Å². The second-order valence-corrected chi connectivity index (χ2v) is 7.70. The quantitative estimate of drug-likeness (QED) is 0.394. The van der Waals surface area contributed by atoms with Crippen LogP contribution in [0.15, 0.2) is 47.1 Å². The van der Waals surface area contributed by atoms with Crippen LogP contribution in [0.25, 0.3) is 5.70 Å². The number of allylic oxidation sites excluding steroid dienone is 4. The van der Waals surface area contributed by atoms with Gasteiger partial charge in [-0.2, -0.15) is 23.0 Å². The zero-order valence-electron chi connectivity index (χ0n) is 14.0. The molecule has 2 aliphatic carbocycles. The van der Waals surface area contributed by atoms with Crippen LogP contribution < -0.4 is 0 Å². The van der Waals surface area contributed by atoms with Gasteiger partial charge in [-0.25, -0.2) is 9.67 Å². The smallest absolute Gasteiger partial charge is 0.143 e. The first-order chi connectivity index (χ1) is 11.4. The zero-order chi connectivity index (χ0) is 17.3. The molecule has 124 valence electrons. The van der Waals surface area contributed by atoms with Crippen molar-refractivity contribution in [2.45, 2.75) is 37.9 Å². The van der Waals surface area contributed by atoms with Crippen LogP contribution in [0.5, 0.6) is 0 Å². The highest BCUT2D eigenvalue weighted by atomic mass is 32.1. The lowest BCUT2D eigenvalue weighted by molar-refractivity contribution is 0.476. The summed E-state index contributed by atoms with van der Waals surface area (Å²) in [6.07, 6.45) is 9.48. The summed E-state index contributed by atoms with van der Waals surface area (Å²) in [7, 11) is 0. The molecule has 0 N–H and O–H groups in total. The minimum atomic E-state index is -0.415. The minimum Gasteiger partial charge on any atom is -0.264 e. The summed E-state index contributed by atoms with van der Waals surface area (Å²) >= 11 is 4.53. The molecule has 24 heavy (non-hydrogen) atoms. The second kappa shape index (κ2) is 6.40. The van der Waals surface area contributed by atoms with Crippen molar-refractivity contribution in [3.05, 3.63) is 42.2 Å². The Balaban J connectivity index is 1.87. The van der Waals surface area contributed by atoms with Crippen molar-refractivity contribution >= 4 is 24.5 Å². The van der Waals surface area contributed by atoms with Crippen LogP contribution in [0.1, 0.15) is 33.1 Å². The largest absolute Gasteiger partial charge is 0.264 e. The van der Waals surface area contributed by atoms with E-state index in [0.29, 0.717) is 17.5 Å². The summed E-state index contributed by atoms with van der Waals surface area (Å²) in [5, 5.41) is 13.6. The number of aliphatic imine (C=N–C) groups is 1. The molecule has 1 heterocycles. The monoisotopic (exact) mass is 339 g/mol. The van der Waals surface area contributed by atoms with Crippen LogP contribution >= 0.6 is 12.6 Å². The van der Waals surface area contributed by atoms with E-state index in [4.69, 9.17) is 4.99 Å². The molecule has 0 saturated heterocycles. The normalized spacial score (nSPS) is 27.9. The van der Waals surface area contributed by atoms with E-state index in [1.54, 1.807) is 17.1 Å². The molecule has 5 nitrogen and oxygen atoms in total. The van der Waals surface area contributed by atoms with Crippen molar-refractivity contribution in [3.8, 4) is 6.07 Å². The Morgan fingerprint density at radius 1 is 1.54 bits per heavy atom. The number of nitriles is 1. The Bertz CT molecular complexity index is 777. The van der Waals surface area contributed by atoms with Gasteiger partial charge in [0, 0.05) is 17.8 Å². The van der Waals surface area contributed by atoms with Crippen LogP contribution in [-0.2, 0) is 0 Å². The summed E-state index contributed by atoms with van der Waals surface area (Å²) in [6, 6.07) is 2.29. The lowest BCUT2D eigenvalue weighted by Gasteiger charge is -2.14. The van der Waals surface area contributed by atoms with Gasteiger partial charge in [-0.1, -0.05) is 11.6 Å². The molecule has 0 aromatic carbocycles. The van der Waals surface area contributed by atoms with Crippen molar-refractivity contribution in [2.24, 2.45) is 16.8 Å². The van der Waals surface area contributed by atoms with Gasteiger partial charge < -0.3 is 0 Å². The molecule has 1 aromatic rings. The third-order valence-corrected chi connectivity index (χ3v) is 5.17. The number of thiol groups is 1. The molecule has 1 fully saturated rings. The predicted octanol–water partition coefficient (Wildman–Crippen LogP) is 3.66. The van der Waals surface area contributed by atoms with Crippen LogP contribution in [0.2, 0.25) is 0 Å². The van der Waals surface area contributed by atoms with E-state index in [1.807, 2.05) is 13.1 Å². The minimum absolute atomic E-state index is 0.372. The molecule has 0 bridgehead atoms. The average Bonchev–Trinajstić information content (AvgIpc) is 3.24. The van der Waals surface area contributed by atoms with E-state index in [1.165, 1.54) is 11.9 Å². The number of hydrogen-bond donors (Lipinski definition) is 1. The Hall–Kier alpha value is -2.13. The lowest BCUT2D eigenvalue weighted by Crippen LogP contribution is -2.14. The van der Waals surface area contributed by atoms with Crippen LogP contribution in [0, 0.1) is 23.2 Å². The number of hydrogen-bond acceptors (Lipinski definition) is 5. The highest BCUT2D eigenvalue weighted by Crippen LogP contribution is 2.51. The number of aromatic nitrogens is 3. The van der Waals surface area contributed by atoms with E-state index < -0.39 is 4.75 Å². The molecule has 1 saturated carbocycles. The van der Waals surface area contributed by atoms with Gasteiger partial charge in [0.2, 0.25) is 0 Å². The molecule has 0 radical (unpaired) electrons. The third-order valence-electron chi connectivity index (χ3n) is 4.87. The Labute approximate surface area is 147 Å². The van der Waals surface area contributed by atoms with Gasteiger partial charge in [-0.05, 0) is 44.6 Å². The maximum Gasteiger partial charge on any atom is 0.143 e. The maximum atomic E-state index is 9.52. The van der Waals surface area contributed by atoms with Gasteiger partial charge >= 0.3 is 0 Å². The molecule has 1 aromatic heterocycles. The van der Waals surface area contributed by atoms with E-state index >= 15 is 0 Å². The number of nitrogens with zero attached hydrogens (tertiary/aromatic N) is 5. The van der Waals surface area contributed by atoms with Crippen LogP contribution in [-0.4, -0.2) is 25.7 Å². The average molecular weight is 339 g/mol. The first-order valence-electron chi connectivity index (χ1n) is 8.03. The van der Waals surface area contributed by atoms with E-state index in [-0.39, 0.29) is 0 Å². The van der Waals surface area contributed by atoms with Crippen LogP contribution in [0.4, 0.5) is 0 Å². The summed E-state index contributed by atoms with van der Waals surface area (Å²) in [4.78, 5) is 8.68. The molecule has 3 unspecified atom stereocenters. The Kier molecular flexibility index (Phi) is 4.46. The fraction of sp³-hybridized carbons (Fsp3) is 0.444. The Morgan fingerprint density at radius 2 is 2.33 bits per heavy atom. The number of fused-ring (bicyclic) bond motifs is 1. The molecule has 0 aliphatic heterocycles. The topological polar surface area (TPSA) is 66.9 Å². The third kappa shape index (κ3) is 3.09. The van der Waals surface area contributed by atoms with Crippen LogP contribution in [0.3, 0.4) is 0 Å². The molecule has 2 aliphatic rings. The molecule has 0 spiro atoms. The van der Waals surface area contributed by atoms with Gasteiger partial charge in [0.1, 0.15) is 24.4 Å². The molecular formula is C18H21N5S. The fourth-order valence-electron chi connectivity index (χ4n) is 3.59. The first-order valence-corrected chi connectivity index (χ1v) is 8.48. The fourth-order valence-corrected chi connectivity index (χ4v) is 3.65. The predicted molar refractivity (Wildman–Crippen MR) is 98.5 cm³/mol. The Morgan fingerprint density at radius 3 is 2.96 bits per heavy atom. The van der Waals surface area contributed by atoms with Gasteiger partial charge in [0.05, 0.1) is 4.75 Å². The standard InChI is InChI=1S/C18H21N5S/c1-4-18(3,24)9-21-17-12(2)5-13-6-14(7-15(13)17)16(8-19)23-11-20-10-22-23/h4,9-11,13,15,24H,1,5-7H2,2-3H3/b16-14+,21-9?.